The summed E-state index contributed by atoms with van der Waals surface area (Å²) in [6.45, 7) is 2.28. The molecule has 0 saturated heterocycles. The molecule has 0 heterocycles. The van der Waals surface area contributed by atoms with Crippen LogP contribution in [0.2, 0.25) is 0 Å². The van der Waals surface area contributed by atoms with E-state index in [1.54, 1.807) is 16.7 Å². The van der Waals surface area contributed by atoms with E-state index in [0.717, 1.165) is 12.7 Å². The summed E-state index contributed by atoms with van der Waals surface area (Å²) in [6, 6.07) is 26.3. The molecule has 32 heavy (non-hydrogen) atoms. The van der Waals surface area contributed by atoms with Gasteiger partial charge in [-0.3, -0.25) is 0 Å². The van der Waals surface area contributed by atoms with E-state index in [1.165, 1.54) is 72.1 Å². The minimum atomic E-state index is 0.629. The van der Waals surface area contributed by atoms with Crippen molar-refractivity contribution in [2.24, 2.45) is 0 Å². The quantitative estimate of drug-likeness (QED) is 0.227. The van der Waals surface area contributed by atoms with Crippen LogP contribution in [0.5, 0.6) is 0 Å². The second-order valence-electron chi connectivity index (χ2n) is 8.88. The number of carbonyl (C=O) groups is 1. The Hall–Kier alpha value is -2.93. The molecule has 0 atom stereocenters. The molecular weight excluding hydrogens is 388 g/mol. The van der Waals surface area contributed by atoms with Gasteiger partial charge in [-0.05, 0) is 88.7 Å². The average molecular weight is 423 g/mol. The Labute approximate surface area is 192 Å². The molecule has 0 aromatic heterocycles. The first kappa shape index (κ1) is 22.3. The molecule has 5 rings (SSSR count). The molecule has 4 aromatic carbocycles. The van der Waals surface area contributed by atoms with Crippen molar-refractivity contribution in [2.75, 3.05) is 0 Å². The zero-order valence-corrected chi connectivity index (χ0v) is 19.3. The topological polar surface area (TPSA) is 17.1 Å². The molecule has 0 bridgehead atoms. The SMILES string of the molecule is CCCCc1cc2c3c(ccc2c2ccccc12)CCCC3.O=CCCc1ccccc1. The molecular formula is C31H34O. The summed E-state index contributed by atoms with van der Waals surface area (Å²) in [5.41, 5.74) is 6.00. The summed E-state index contributed by atoms with van der Waals surface area (Å²) in [4.78, 5) is 9.98. The van der Waals surface area contributed by atoms with Crippen LogP contribution < -0.4 is 0 Å². The number of hydrogen-bond donors (Lipinski definition) is 0. The third-order valence-corrected chi connectivity index (χ3v) is 6.65. The van der Waals surface area contributed by atoms with Crippen molar-refractivity contribution in [2.45, 2.75) is 64.7 Å². The van der Waals surface area contributed by atoms with Crippen LogP contribution in [0, 0.1) is 0 Å². The van der Waals surface area contributed by atoms with Gasteiger partial charge in [0.1, 0.15) is 6.29 Å². The monoisotopic (exact) mass is 422 g/mol. The van der Waals surface area contributed by atoms with Crippen molar-refractivity contribution in [3.63, 3.8) is 0 Å². The number of carbonyl (C=O) groups excluding carboxylic acids is 1. The number of rotatable bonds is 6. The highest BCUT2D eigenvalue weighted by Crippen LogP contribution is 2.35. The number of unbranched alkanes of at least 4 members (excludes halogenated alkanes) is 1. The second kappa shape index (κ2) is 11.1. The molecule has 1 aliphatic carbocycles. The van der Waals surface area contributed by atoms with Gasteiger partial charge in [0.05, 0.1) is 0 Å². The standard InChI is InChI=1S/C22H24.C9H10O/c1-2-3-8-17-15-22-18-10-5-4-9-16(18)13-14-21(22)20-12-7-6-11-19(17)20;10-8-4-7-9-5-2-1-3-6-9/h6-7,11-15H,2-5,8-10H2,1H3;1-3,5-6,8H,4,7H2. The van der Waals surface area contributed by atoms with Gasteiger partial charge in [-0.1, -0.05) is 86.1 Å². The van der Waals surface area contributed by atoms with Crippen LogP contribution in [-0.2, 0) is 30.5 Å². The molecule has 0 spiro atoms. The van der Waals surface area contributed by atoms with E-state index in [2.05, 4.69) is 49.4 Å². The van der Waals surface area contributed by atoms with Gasteiger partial charge in [-0.15, -0.1) is 0 Å². The first-order valence-corrected chi connectivity index (χ1v) is 12.2. The maximum absolute atomic E-state index is 9.98. The maximum Gasteiger partial charge on any atom is 0.120 e. The lowest BCUT2D eigenvalue weighted by Crippen LogP contribution is -2.03. The lowest BCUT2D eigenvalue weighted by Gasteiger charge is -2.20. The van der Waals surface area contributed by atoms with Crippen LogP contribution in [0.3, 0.4) is 0 Å². The molecule has 0 saturated carbocycles. The largest absolute Gasteiger partial charge is 0.303 e. The van der Waals surface area contributed by atoms with E-state index >= 15 is 0 Å². The molecule has 164 valence electrons. The van der Waals surface area contributed by atoms with Crippen molar-refractivity contribution < 1.29 is 4.79 Å². The van der Waals surface area contributed by atoms with Gasteiger partial charge >= 0.3 is 0 Å². The van der Waals surface area contributed by atoms with Gasteiger partial charge in [0.25, 0.3) is 0 Å². The van der Waals surface area contributed by atoms with E-state index in [-0.39, 0.29) is 0 Å². The lowest BCUT2D eigenvalue weighted by molar-refractivity contribution is -0.107. The Kier molecular flexibility index (Phi) is 7.72. The molecule has 4 aromatic rings. The highest BCUT2D eigenvalue weighted by Gasteiger charge is 2.15. The lowest BCUT2D eigenvalue weighted by atomic mass is 9.85. The van der Waals surface area contributed by atoms with Crippen molar-refractivity contribution in [1.82, 2.24) is 0 Å². The van der Waals surface area contributed by atoms with Crippen LogP contribution in [0.15, 0.2) is 72.8 Å². The van der Waals surface area contributed by atoms with Crippen LogP contribution in [0.4, 0.5) is 0 Å². The smallest absolute Gasteiger partial charge is 0.120 e. The van der Waals surface area contributed by atoms with Crippen molar-refractivity contribution in [3.8, 4) is 0 Å². The summed E-state index contributed by atoms with van der Waals surface area (Å²) in [5, 5.41) is 5.89. The Morgan fingerprint density at radius 2 is 1.47 bits per heavy atom. The molecule has 0 fully saturated rings. The second-order valence-corrected chi connectivity index (χ2v) is 8.88. The molecule has 1 nitrogen and oxygen atoms in total. The minimum Gasteiger partial charge on any atom is -0.303 e. The Morgan fingerprint density at radius 3 is 2.25 bits per heavy atom. The normalized spacial score (nSPS) is 12.8. The fourth-order valence-electron chi connectivity index (χ4n) is 4.95. The van der Waals surface area contributed by atoms with Gasteiger partial charge in [-0.25, -0.2) is 0 Å². The molecule has 0 amide bonds. The van der Waals surface area contributed by atoms with E-state index in [0.29, 0.717) is 6.42 Å². The Morgan fingerprint density at radius 1 is 0.750 bits per heavy atom. The van der Waals surface area contributed by atoms with Gasteiger partial charge in [0.2, 0.25) is 0 Å². The molecule has 0 radical (unpaired) electrons. The van der Waals surface area contributed by atoms with Gasteiger partial charge < -0.3 is 4.79 Å². The van der Waals surface area contributed by atoms with Crippen molar-refractivity contribution >= 4 is 27.8 Å². The highest BCUT2D eigenvalue weighted by atomic mass is 16.1. The van der Waals surface area contributed by atoms with E-state index in [9.17, 15) is 4.79 Å². The number of benzene rings is 4. The van der Waals surface area contributed by atoms with E-state index in [4.69, 9.17) is 0 Å². The fraction of sp³-hybridized carbons (Fsp3) is 0.323. The summed E-state index contributed by atoms with van der Waals surface area (Å²) in [6.07, 6.45) is 11.4. The molecule has 1 aliphatic rings. The molecule has 0 unspecified atom stereocenters. The summed E-state index contributed by atoms with van der Waals surface area (Å²) in [5.74, 6) is 0. The third-order valence-electron chi connectivity index (χ3n) is 6.65. The summed E-state index contributed by atoms with van der Waals surface area (Å²) < 4.78 is 0. The molecule has 1 heteroatoms. The zero-order valence-electron chi connectivity index (χ0n) is 19.3. The van der Waals surface area contributed by atoms with Gasteiger partial charge in [0, 0.05) is 6.42 Å². The predicted molar refractivity (Wildman–Crippen MR) is 138 cm³/mol. The van der Waals surface area contributed by atoms with Crippen LogP contribution >= 0.6 is 0 Å². The number of fused-ring (bicyclic) bond motifs is 5. The minimum absolute atomic E-state index is 0.629. The Balaban J connectivity index is 0.000000207. The summed E-state index contributed by atoms with van der Waals surface area (Å²) >= 11 is 0. The van der Waals surface area contributed by atoms with Crippen molar-refractivity contribution in [1.29, 1.82) is 0 Å². The van der Waals surface area contributed by atoms with E-state index in [1.807, 2.05) is 30.3 Å². The fourth-order valence-corrected chi connectivity index (χ4v) is 4.95. The van der Waals surface area contributed by atoms with Crippen LogP contribution in [-0.4, -0.2) is 6.29 Å². The van der Waals surface area contributed by atoms with Crippen LogP contribution in [0.25, 0.3) is 21.5 Å². The average Bonchev–Trinajstić information content (AvgIpc) is 2.87. The number of aldehydes is 1. The Bertz CT molecular complexity index is 1170. The first-order valence-electron chi connectivity index (χ1n) is 12.2. The first-order chi connectivity index (χ1) is 15.8. The zero-order chi connectivity index (χ0) is 22.2. The number of hydrogen-bond acceptors (Lipinski definition) is 1. The molecule has 0 aliphatic heterocycles. The summed E-state index contributed by atoms with van der Waals surface area (Å²) in [7, 11) is 0. The number of aryl methyl sites for hydroxylation is 4. The maximum atomic E-state index is 9.98. The highest BCUT2D eigenvalue weighted by molar-refractivity contribution is 6.10. The molecule has 0 N–H and O–H groups in total. The van der Waals surface area contributed by atoms with Crippen LogP contribution in [0.1, 0.15) is 61.3 Å². The van der Waals surface area contributed by atoms with Gasteiger partial charge in [0.15, 0.2) is 0 Å². The predicted octanol–water partition coefficient (Wildman–Crippen LogP) is 8.03. The van der Waals surface area contributed by atoms with E-state index < -0.39 is 0 Å². The third kappa shape index (κ3) is 5.10. The van der Waals surface area contributed by atoms with Gasteiger partial charge in [-0.2, -0.15) is 0 Å². The van der Waals surface area contributed by atoms with Crippen molar-refractivity contribution in [3.05, 3.63) is 95.1 Å².